The van der Waals surface area contributed by atoms with Crippen molar-refractivity contribution in [2.75, 3.05) is 39.6 Å². The second-order valence-electron chi connectivity index (χ2n) is 28.2. The number of aliphatic hydroxyl groups excluding tert-OH is 2. The Labute approximate surface area is 652 Å². The maximum atomic E-state index is 13.0. The summed E-state index contributed by atoms with van der Waals surface area (Å²) >= 11 is 0. The Balaban J connectivity index is 4.42. The summed E-state index contributed by atoms with van der Waals surface area (Å²) in [5, 5.41) is 20.7. The summed E-state index contributed by atoms with van der Waals surface area (Å²) in [7, 11) is -9.80. The van der Waals surface area contributed by atoms with E-state index in [2.05, 4.69) is 154 Å². The zero-order valence-corrected chi connectivity index (χ0v) is 69.3. The van der Waals surface area contributed by atoms with Crippen LogP contribution < -0.4 is 0 Å². The van der Waals surface area contributed by atoms with E-state index in [1.54, 1.807) is 0 Å². The number of carbonyl (C=O) groups is 3. The van der Waals surface area contributed by atoms with Crippen LogP contribution in [0.1, 0.15) is 355 Å². The Bertz CT molecular complexity index is 2480. The molecular weight excluding hydrogens is 1390 g/mol. The van der Waals surface area contributed by atoms with Crippen molar-refractivity contribution in [1.82, 2.24) is 0 Å². The number of allylic oxidation sites excluding steroid dienone is 22. The van der Waals surface area contributed by atoms with Crippen LogP contribution in [0.3, 0.4) is 0 Å². The highest BCUT2D eigenvalue weighted by molar-refractivity contribution is 7.47. The molecule has 0 fully saturated rings. The summed E-state index contributed by atoms with van der Waals surface area (Å²) in [6, 6.07) is 0. The van der Waals surface area contributed by atoms with Crippen molar-refractivity contribution in [3.63, 3.8) is 0 Å². The van der Waals surface area contributed by atoms with Crippen LogP contribution >= 0.6 is 15.6 Å². The second-order valence-corrected chi connectivity index (χ2v) is 31.1. The SMILES string of the molecule is CC/C=C\C/C=C\C/C=C\C/C=C\C/C=C\CCCCCCCCCCCCCCCCCCCCCC(=O)OCC(O)COP(=O)(O)OCC(O)COP(=O)(O)OCC(COC(=O)CCCCCCC/C=C\C/C=C\C/C=C\C/C=C\C/C=C\CC)OC(=O)CCCCCCC/C=C\CCCCCCCC. The maximum Gasteiger partial charge on any atom is 0.472 e. The Morgan fingerprint density at radius 2 is 0.495 bits per heavy atom. The predicted octanol–water partition coefficient (Wildman–Crippen LogP) is 25.4. The minimum Gasteiger partial charge on any atom is -0.463 e. The number of ether oxygens (including phenoxy) is 3. The molecule has 16 nitrogen and oxygen atoms in total. The fourth-order valence-electron chi connectivity index (χ4n) is 11.4. The summed E-state index contributed by atoms with van der Waals surface area (Å²) in [5.41, 5.74) is 0. The van der Waals surface area contributed by atoms with Gasteiger partial charge in [-0.25, -0.2) is 9.13 Å². The predicted molar refractivity (Wildman–Crippen MR) is 445 cm³/mol. The molecule has 107 heavy (non-hydrogen) atoms. The lowest BCUT2D eigenvalue weighted by Crippen LogP contribution is -2.30. The van der Waals surface area contributed by atoms with E-state index in [0.717, 1.165) is 154 Å². The van der Waals surface area contributed by atoms with E-state index in [-0.39, 0.29) is 19.3 Å². The number of hydrogen-bond acceptors (Lipinski definition) is 14. The van der Waals surface area contributed by atoms with Crippen LogP contribution in [0.2, 0.25) is 0 Å². The van der Waals surface area contributed by atoms with Crippen molar-refractivity contribution >= 4 is 33.6 Å². The third-order valence-electron chi connectivity index (χ3n) is 17.8. The van der Waals surface area contributed by atoms with E-state index >= 15 is 0 Å². The van der Waals surface area contributed by atoms with E-state index in [1.807, 2.05) is 0 Å². The van der Waals surface area contributed by atoms with Gasteiger partial charge in [0.1, 0.15) is 25.4 Å². The van der Waals surface area contributed by atoms with Gasteiger partial charge < -0.3 is 34.2 Å². The van der Waals surface area contributed by atoms with Crippen molar-refractivity contribution < 1.29 is 75.8 Å². The number of phosphoric acid groups is 2. The highest BCUT2D eigenvalue weighted by Crippen LogP contribution is 2.45. The first-order chi connectivity index (χ1) is 52.2. The van der Waals surface area contributed by atoms with E-state index in [0.29, 0.717) is 19.3 Å². The molecule has 0 radical (unpaired) electrons. The summed E-state index contributed by atoms with van der Waals surface area (Å²) < 4.78 is 61.2. The second kappa shape index (κ2) is 81.2. The molecule has 0 saturated carbocycles. The maximum absolute atomic E-state index is 13.0. The first kappa shape index (κ1) is 103. The normalized spacial score (nSPS) is 14.6. The number of rotatable bonds is 80. The van der Waals surface area contributed by atoms with Crippen molar-refractivity contribution in [3.05, 3.63) is 134 Å². The molecule has 0 rings (SSSR count). The number of esters is 3. The Hall–Kier alpha value is -4.31. The van der Waals surface area contributed by atoms with Crippen molar-refractivity contribution in [1.29, 1.82) is 0 Å². The molecule has 0 spiro atoms. The third-order valence-corrected chi connectivity index (χ3v) is 19.7. The lowest BCUT2D eigenvalue weighted by atomic mass is 10.0. The third kappa shape index (κ3) is 82.5. The minimum atomic E-state index is -4.94. The quantitative estimate of drug-likeness (QED) is 0.0146. The molecule has 0 saturated heterocycles. The van der Waals surface area contributed by atoms with Gasteiger partial charge in [0, 0.05) is 19.3 Å². The molecule has 0 aromatic heterocycles. The van der Waals surface area contributed by atoms with Crippen molar-refractivity contribution in [3.8, 4) is 0 Å². The van der Waals surface area contributed by atoms with Gasteiger partial charge >= 0.3 is 33.6 Å². The van der Waals surface area contributed by atoms with Gasteiger partial charge in [-0.1, -0.05) is 334 Å². The van der Waals surface area contributed by atoms with E-state index in [4.69, 9.17) is 32.3 Å². The summed E-state index contributed by atoms with van der Waals surface area (Å²) in [6.07, 6.45) is 99.5. The van der Waals surface area contributed by atoms with Crippen LogP contribution in [-0.2, 0) is 55.8 Å². The molecule has 0 aliphatic carbocycles. The Kier molecular flexibility index (Phi) is 77.9. The van der Waals surface area contributed by atoms with Crippen LogP contribution in [-0.4, -0.2) is 95.9 Å². The van der Waals surface area contributed by atoms with E-state index in [1.165, 1.54) is 141 Å². The molecule has 5 unspecified atom stereocenters. The van der Waals surface area contributed by atoms with Gasteiger partial charge in [0.15, 0.2) is 6.10 Å². The van der Waals surface area contributed by atoms with Crippen LogP contribution in [0.15, 0.2) is 134 Å². The lowest BCUT2D eigenvalue weighted by Gasteiger charge is -2.21. The van der Waals surface area contributed by atoms with Gasteiger partial charge in [-0.15, -0.1) is 0 Å². The molecule has 4 N–H and O–H groups in total. The zero-order chi connectivity index (χ0) is 78.0. The van der Waals surface area contributed by atoms with Gasteiger partial charge in [0.2, 0.25) is 0 Å². The monoisotopic (exact) mass is 1540 g/mol. The topological polar surface area (TPSA) is 231 Å². The molecule has 0 aliphatic rings. The highest BCUT2D eigenvalue weighted by atomic mass is 31.2. The van der Waals surface area contributed by atoms with E-state index in [9.17, 15) is 43.5 Å². The zero-order valence-electron chi connectivity index (χ0n) is 67.5. The number of aliphatic hydroxyl groups is 2. The molecule has 0 heterocycles. The molecule has 616 valence electrons. The molecule has 0 bridgehead atoms. The first-order valence-electron chi connectivity index (χ1n) is 42.5. The standard InChI is InChI=1S/C89H154O16P2/c1-4-7-10-13-16-19-22-25-28-30-32-34-35-36-37-38-39-40-41-42-43-44-45-46-47-49-51-52-55-57-60-63-66-69-72-75-87(92)99-78-84(90)79-101-106(95,96)102-80-85(91)81-103-107(97,98)104-83-86(105-89(94)77-74-71-68-65-62-59-54-27-24-21-18-15-12-9-6-3)82-100-88(93)76-73-70-67-64-61-58-56-53-50-48-33-31-29-26-23-20-17-14-11-8-5-2/h7-8,10-11,16-17,19-20,25-29,32-34,36-37,48,53-54,56,84-86,90-91H,4-6,9,12-15,18,21-24,30-31,35,38-47,49-52,55,57-83H2,1-3H3,(H,95,96)(H,97,98)/b10-7-,11-8-,19-16-,20-17-,28-25-,29-26-,34-32-,37-36-,48-33-,54-27-,56-53-. The number of unbranched alkanes of at least 4 members (excludes halogenated alkanes) is 35. The first-order valence-corrected chi connectivity index (χ1v) is 45.5. The minimum absolute atomic E-state index is 0.0888. The summed E-state index contributed by atoms with van der Waals surface area (Å²) in [5.74, 6) is -1.60. The molecule has 0 amide bonds. The number of phosphoric ester groups is 2. The van der Waals surface area contributed by atoms with Crippen molar-refractivity contribution in [2.24, 2.45) is 0 Å². The Morgan fingerprint density at radius 1 is 0.271 bits per heavy atom. The van der Waals surface area contributed by atoms with Gasteiger partial charge in [0.25, 0.3) is 0 Å². The fourth-order valence-corrected chi connectivity index (χ4v) is 13.0. The van der Waals surface area contributed by atoms with Gasteiger partial charge in [-0.2, -0.15) is 0 Å². The average Bonchev–Trinajstić information content (AvgIpc) is 0.906. The molecule has 18 heteroatoms. The van der Waals surface area contributed by atoms with Crippen LogP contribution in [0.25, 0.3) is 0 Å². The number of carbonyl (C=O) groups excluding carboxylic acids is 3. The molecular formula is C89H154O16P2. The smallest absolute Gasteiger partial charge is 0.463 e. The lowest BCUT2D eigenvalue weighted by molar-refractivity contribution is -0.161. The molecule has 0 aliphatic heterocycles. The largest absolute Gasteiger partial charge is 0.472 e. The summed E-state index contributed by atoms with van der Waals surface area (Å²) in [6.45, 7) is 2.45. The Morgan fingerprint density at radius 3 is 0.794 bits per heavy atom. The molecule has 0 aromatic carbocycles. The molecule has 5 atom stereocenters. The average molecular weight is 1540 g/mol. The van der Waals surface area contributed by atoms with Crippen LogP contribution in [0, 0.1) is 0 Å². The van der Waals surface area contributed by atoms with E-state index < -0.39 is 91.5 Å². The fraction of sp³-hybridized carbons (Fsp3) is 0.719. The highest BCUT2D eigenvalue weighted by Gasteiger charge is 2.29. The van der Waals surface area contributed by atoms with Gasteiger partial charge in [-0.05, 0) is 135 Å². The van der Waals surface area contributed by atoms with Crippen molar-refractivity contribution in [2.45, 2.75) is 373 Å². The van der Waals surface area contributed by atoms with Gasteiger partial charge in [-0.3, -0.25) is 32.5 Å². The molecule has 0 aromatic rings. The van der Waals surface area contributed by atoms with Crippen LogP contribution in [0.4, 0.5) is 0 Å². The van der Waals surface area contributed by atoms with Gasteiger partial charge in [0.05, 0.1) is 26.4 Å². The number of hydrogen-bond donors (Lipinski definition) is 4. The summed E-state index contributed by atoms with van der Waals surface area (Å²) in [4.78, 5) is 58.7. The van der Waals surface area contributed by atoms with Crippen LogP contribution in [0.5, 0.6) is 0 Å².